The fourth-order valence-corrected chi connectivity index (χ4v) is 1.51. The van der Waals surface area contributed by atoms with Crippen molar-refractivity contribution in [3.8, 4) is 5.75 Å². The summed E-state index contributed by atoms with van der Waals surface area (Å²) in [5, 5.41) is 2.60. The van der Waals surface area contributed by atoms with E-state index in [1.165, 1.54) is 29.2 Å². The molecule has 0 fully saturated rings. The van der Waals surface area contributed by atoms with E-state index >= 15 is 0 Å². The number of ether oxygens (including phenoxy) is 1. The van der Waals surface area contributed by atoms with Gasteiger partial charge in [0, 0.05) is 12.5 Å². The molecule has 2 amide bonds. The number of hydrogen-bond acceptors (Lipinski definition) is 3. The summed E-state index contributed by atoms with van der Waals surface area (Å²) in [6.45, 7) is 5.99. The van der Waals surface area contributed by atoms with Gasteiger partial charge in [0.15, 0.2) is 0 Å². The van der Waals surface area contributed by atoms with Crippen LogP contribution in [0, 0.1) is 11.2 Å². The Bertz CT molecular complexity index is 509. The minimum atomic E-state index is -0.523. The number of amides is 2. The lowest BCUT2D eigenvalue weighted by molar-refractivity contribution is -0.134. The van der Waals surface area contributed by atoms with Crippen LogP contribution in [-0.2, 0) is 9.59 Å². The van der Waals surface area contributed by atoms with Crippen LogP contribution in [0.2, 0.25) is 0 Å². The van der Waals surface area contributed by atoms with Crippen LogP contribution in [-0.4, -0.2) is 43.5 Å². The predicted octanol–water partition coefficient (Wildman–Crippen LogP) is 1.83. The largest absolute Gasteiger partial charge is 0.492 e. The van der Waals surface area contributed by atoms with Crippen LogP contribution >= 0.6 is 0 Å². The van der Waals surface area contributed by atoms with Crippen LogP contribution < -0.4 is 10.1 Å². The molecule has 0 radical (unpaired) electrons. The molecule has 1 aromatic rings. The zero-order valence-corrected chi connectivity index (χ0v) is 13.5. The van der Waals surface area contributed by atoms with Crippen molar-refractivity contribution < 1.29 is 18.7 Å². The Morgan fingerprint density at radius 3 is 2.36 bits per heavy atom. The summed E-state index contributed by atoms with van der Waals surface area (Å²) in [7, 11) is 1.64. The first kappa shape index (κ1) is 17.9. The SMILES string of the molecule is CN(CCOc1ccc(F)cc1)C(=O)CNC(=O)C(C)(C)C. The molecule has 0 heterocycles. The number of nitrogens with one attached hydrogen (secondary N) is 1. The second-order valence-electron chi connectivity index (χ2n) is 6.05. The van der Waals surface area contributed by atoms with E-state index in [9.17, 15) is 14.0 Å². The maximum absolute atomic E-state index is 12.7. The minimum Gasteiger partial charge on any atom is -0.492 e. The van der Waals surface area contributed by atoms with E-state index in [0.29, 0.717) is 18.9 Å². The summed E-state index contributed by atoms with van der Waals surface area (Å²) in [6.07, 6.45) is 0. The summed E-state index contributed by atoms with van der Waals surface area (Å²) in [5.41, 5.74) is -0.523. The zero-order valence-electron chi connectivity index (χ0n) is 13.5. The highest BCUT2D eigenvalue weighted by Gasteiger charge is 2.21. The molecule has 0 bridgehead atoms. The van der Waals surface area contributed by atoms with Crippen molar-refractivity contribution in [2.45, 2.75) is 20.8 Å². The third-order valence-corrected chi connectivity index (χ3v) is 3.02. The van der Waals surface area contributed by atoms with E-state index in [-0.39, 0.29) is 24.2 Å². The van der Waals surface area contributed by atoms with Crippen LogP contribution in [0.15, 0.2) is 24.3 Å². The van der Waals surface area contributed by atoms with Gasteiger partial charge in [-0.25, -0.2) is 4.39 Å². The number of likely N-dealkylation sites (N-methyl/N-ethyl adjacent to an activating group) is 1. The average molecular weight is 310 g/mol. The number of carbonyl (C=O) groups is 2. The van der Waals surface area contributed by atoms with Crippen molar-refractivity contribution in [2.75, 3.05) is 26.7 Å². The number of halogens is 1. The van der Waals surface area contributed by atoms with Gasteiger partial charge in [0.1, 0.15) is 18.2 Å². The topological polar surface area (TPSA) is 58.6 Å². The predicted molar refractivity (Wildman–Crippen MR) is 82.0 cm³/mol. The van der Waals surface area contributed by atoms with Gasteiger partial charge in [0.05, 0.1) is 13.1 Å². The fraction of sp³-hybridized carbons (Fsp3) is 0.500. The van der Waals surface area contributed by atoms with Crippen LogP contribution in [0.4, 0.5) is 4.39 Å². The van der Waals surface area contributed by atoms with E-state index in [1.54, 1.807) is 27.8 Å². The zero-order chi connectivity index (χ0) is 16.8. The number of carbonyl (C=O) groups excluding carboxylic acids is 2. The van der Waals surface area contributed by atoms with Crippen molar-refractivity contribution in [3.05, 3.63) is 30.1 Å². The molecule has 0 aromatic heterocycles. The first-order valence-electron chi connectivity index (χ1n) is 7.11. The number of hydrogen-bond donors (Lipinski definition) is 1. The second kappa shape index (κ2) is 7.77. The van der Waals surface area contributed by atoms with Gasteiger partial charge in [-0.15, -0.1) is 0 Å². The molecule has 0 unspecified atom stereocenters. The van der Waals surface area contributed by atoms with Crippen LogP contribution in [0.5, 0.6) is 5.75 Å². The van der Waals surface area contributed by atoms with Crippen LogP contribution in [0.1, 0.15) is 20.8 Å². The van der Waals surface area contributed by atoms with E-state index in [4.69, 9.17) is 4.74 Å². The van der Waals surface area contributed by atoms with Gasteiger partial charge >= 0.3 is 0 Å². The lowest BCUT2D eigenvalue weighted by Crippen LogP contribution is -2.43. The second-order valence-corrected chi connectivity index (χ2v) is 6.05. The summed E-state index contributed by atoms with van der Waals surface area (Å²) < 4.78 is 18.1. The first-order chi connectivity index (χ1) is 10.2. The van der Waals surface area contributed by atoms with Crippen LogP contribution in [0.25, 0.3) is 0 Å². The van der Waals surface area contributed by atoms with Gasteiger partial charge in [0.25, 0.3) is 0 Å². The molecule has 6 heteroatoms. The summed E-state index contributed by atoms with van der Waals surface area (Å²) in [5.74, 6) is -0.144. The monoisotopic (exact) mass is 310 g/mol. The summed E-state index contributed by atoms with van der Waals surface area (Å²) >= 11 is 0. The van der Waals surface area contributed by atoms with Gasteiger partial charge in [0.2, 0.25) is 11.8 Å². The normalized spacial score (nSPS) is 11.0. The highest BCUT2D eigenvalue weighted by molar-refractivity contribution is 5.87. The van der Waals surface area contributed by atoms with E-state index in [0.717, 1.165) is 0 Å². The summed E-state index contributed by atoms with van der Waals surface area (Å²) in [6, 6.07) is 5.68. The maximum atomic E-state index is 12.7. The molecule has 1 rings (SSSR count). The van der Waals surface area contributed by atoms with Crippen molar-refractivity contribution in [1.82, 2.24) is 10.2 Å². The van der Waals surface area contributed by atoms with E-state index < -0.39 is 5.41 Å². The number of nitrogens with zero attached hydrogens (tertiary/aromatic N) is 1. The molecule has 1 aromatic carbocycles. The Balaban J connectivity index is 2.29. The standard InChI is InChI=1S/C16H23FN2O3/c1-16(2,3)15(21)18-11-14(20)19(4)9-10-22-13-7-5-12(17)6-8-13/h5-8H,9-11H2,1-4H3,(H,18,21). The molecule has 5 nitrogen and oxygen atoms in total. The highest BCUT2D eigenvalue weighted by atomic mass is 19.1. The van der Waals surface area contributed by atoms with Crippen molar-refractivity contribution in [3.63, 3.8) is 0 Å². The molecule has 1 N–H and O–H groups in total. The highest BCUT2D eigenvalue weighted by Crippen LogP contribution is 2.12. The van der Waals surface area contributed by atoms with Crippen molar-refractivity contribution in [2.24, 2.45) is 5.41 Å². The van der Waals surface area contributed by atoms with Crippen molar-refractivity contribution >= 4 is 11.8 Å². The lowest BCUT2D eigenvalue weighted by Gasteiger charge is -2.20. The molecule has 0 saturated carbocycles. The van der Waals surface area contributed by atoms with Gasteiger partial charge in [-0.1, -0.05) is 20.8 Å². The van der Waals surface area contributed by atoms with Crippen molar-refractivity contribution in [1.29, 1.82) is 0 Å². The number of benzene rings is 1. The van der Waals surface area contributed by atoms with Gasteiger partial charge in [-0.2, -0.15) is 0 Å². The molecular weight excluding hydrogens is 287 g/mol. The quantitative estimate of drug-likeness (QED) is 0.872. The fourth-order valence-electron chi connectivity index (χ4n) is 1.51. The summed E-state index contributed by atoms with van der Waals surface area (Å²) in [4.78, 5) is 25.0. The first-order valence-corrected chi connectivity index (χ1v) is 7.11. The molecule has 0 aliphatic heterocycles. The molecular formula is C16H23FN2O3. The Kier molecular flexibility index (Phi) is 6.34. The Labute approximate surface area is 130 Å². The molecule has 22 heavy (non-hydrogen) atoms. The Hall–Kier alpha value is -2.11. The smallest absolute Gasteiger partial charge is 0.241 e. The Morgan fingerprint density at radius 1 is 1.23 bits per heavy atom. The lowest BCUT2D eigenvalue weighted by atomic mass is 9.96. The molecule has 0 saturated heterocycles. The average Bonchev–Trinajstić information content (AvgIpc) is 2.45. The minimum absolute atomic E-state index is 0.0385. The third kappa shape index (κ3) is 6.11. The number of rotatable bonds is 6. The molecule has 0 spiro atoms. The molecule has 122 valence electrons. The van der Waals surface area contributed by atoms with E-state index in [2.05, 4.69) is 5.32 Å². The van der Waals surface area contributed by atoms with Gasteiger partial charge in [-0.3, -0.25) is 9.59 Å². The molecule has 0 aliphatic carbocycles. The molecule has 0 atom stereocenters. The van der Waals surface area contributed by atoms with E-state index in [1.807, 2.05) is 0 Å². The van der Waals surface area contributed by atoms with Gasteiger partial charge < -0.3 is 15.0 Å². The van der Waals surface area contributed by atoms with Gasteiger partial charge in [-0.05, 0) is 24.3 Å². The maximum Gasteiger partial charge on any atom is 0.241 e. The third-order valence-electron chi connectivity index (χ3n) is 3.02. The molecule has 0 aliphatic rings. The van der Waals surface area contributed by atoms with Crippen LogP contribution in [0.3, 0.4) is 0 Å². The Morgan fingerprint density at radius 2 is 1.82 bits per heavy atom.